The number of hydrogen-bond acceptors (Lipinski definition) is 4. The summed E-state index contributed by atoms with van der Waals surface area (Å²) in [5.74, 6) is -0.242. The number of nitrogens with zero attached hydrogens (tertiary/aromatic N) is 2. The molecule has 24 heavy (non-hydrogen) atoms. The Bertz CT molecular complexity index is 768. The van der Waals surface area contributed by atoms with Gasteiger partial charge in [0.2, 0.25) is 5.91 Å². The van der Waals surface area contributed by atoms with E-state index < -0.39 is 0 Å². The first-order chi connectivity index (χ1) is 11.4. The zero-order chi connectivity index (χ0) is 17.3. The van der Waals surface area contributed by atoms with Gasteiger partial charge in [-0.2, -0.15) is 0 Å². The molecule has 3 rings (SSSR count). The Hall–Kier alpha value is -2.70. The highest BCUT2D eigenvalue weighted by molar-refractivity contribution is 5.96. The van der Waals surface area contributed by atoms with Crippen molar-refractivity contribution in [2.75, 3.05) is 6.54 Å². The number of amides is 2. The summed E-state index contributed by atoms with van der Waals surface area (Å²) in [6, 6.07) is 5.87. The first kappa shape index (κ1) is 16.2. The van der Waals surface area contributed by atoms with Gasteiger partial charge in [0, 0.05) is 19.5 Å². The minimum atomic E-state index is -0.331. The second kappa shape index (κ2) is 6.43. The largest absolute Gasteiger partial charge is 0.361 e. The smallest absolute Gasteiger partial charge is 0.257 e. The zero-order valence-corrected chi connectivity index (χ0v) is 13.5. The normalized spacial score (nSPS) is 17.4. The van der Waals surface area contributed by atoms with Gasteiger partial charge in [0.05, 0.1) is 11.7 Å². The molecular weight excluding hydrogens is 313 g/mol. The predicted molar refractivity (Wildman–Crippen MR) is 83.7 cm³/mol. The van der Waals surface area contributed by atoms with Crippen LogP contribution >= 0.6 is 0 Å². The van der Waals surface area contributed by atoms with E-state index in [1.54, 1.807) is 30.9 Å². The third-order valence-electron chi connectivity index (χ3n) is 4.07. The lowest BCUT2D eigenvalue weighted by Crippen LogP contribution is -2.37. The fraction of sp³-hybridized carbons (Fsp3) is 0.353. The molecular formula is C17H18FN3O3. The Balaban J connectivity index is 1.63. The number of benzene rings is 1. The van der Waals surface area contributed by atoms with Crippen LogP contribution < -0.4 is 5.32 Å². The van der Waals surface area contributed by atoms with E-state index in [0.717, 1.165) is 5.56 Å². The number of carbonyl (C=O) groups is 2. The van der Waals surface area contributed by atoms with Gasteiger partial charge in [-0.1, -0.05) is 17.3 Å². The van der Waals surface area contributed by atoms with Crippen LogP contribution in [0.25, 0.3) is 0 Å². The van der Waals surface area contributed by atoms with Crippen LogP contribution in [-0.4, -0.2) is 34.5 Å². The number of aryl methyl sites for hydroxylation is 2. The molecule has 1 atom stereocenters. The average molecular weight is 331 g/mol. The molecule has 2 amide bonds. The van der Waals surface area contributed by atoms with E-state index >= 15 is 0 Å². The molecule has 2 aromatic rings. The summed E-state index contributed by atoms with van der Waals surface area (Å²) in [4.78, 5) is 26.1. The standard InChI is InChI=1S/C17H18FN3O3/c1-10-16(11(2)24-20-10)17(23)19-14-7-15(22)21(9-14)8-12-4-3-5-13(18)6-12/h3-6,14H,7-9H2,1-2H3,(H,19,23)/t14-/m0/s1. The van der Waals surface area contributed by atoms with Crippen molar-refractivity contribution in [2.24, 2.45) is 0 Å². The fourth-order valence-corrected chi connectivity index (χ4v) is 2.94. The molecule has 0 bridgehead atoms. The van der Waals surface area contributed by atoms with Gasteiger partial charge in [0.15, 0.2) is 0 Å². The van der Waals surface area contributed by atoms with Crippen molar-refractivity contribution in [3.8, 4) is 0 Å². The highest BCUT2D eigenvalue weighted by Gasteiger charge is 2.31. The van der Waals surface area contributed by atoms with Crippen molar-refractivity contribution in [3.05, 3.63) is 52.7 Å². The predicted octanol–water partition coefficient (Wildman–Crippen LogP) is 1.96. The third-order valence-corrected chi connectivity index (χ3v) is 4.07. The Morgan fingerprint density at radius 3 is 2.92 bits per heavy atom. The van der Waals surface area contributed by atoms with Crippen LogP contribution in [0.1, 0.15) is 33.8 Å². The molecule has 2 heterocycles. The van der Waals surface area contributed by atoms with Gasteiger partial charge in [0.1, 0.15) is 17.1 Å². The van der Waals surface area contributed by atoms with Crippen molar-refractivity contribution in [3.63, 3.8) is 0 Å². The Morgan fingerprint density at radius 1 is 1.46 bits per heavy atom. The lowest BCUT2D eigenvalue weighted by Gasteiger charge is -2.17. The molecule has 126 valence electrons. The van der Waals surface area contributed by atoms with Gasteiger partial charge in [-0.15, -0.1) is 0 Å². The van der Waals surface area contributed by atoms with E-state index in [1.807, 2.05) is 0 Å². The SMILES string of the molecule is Cc1noc(C)c1C(=O)N[C@H]1CC(=O)N(Cc2cccc(F)c2)C1. The number of nitrogens with one attached hydrogen (secondary N) is 1. The molecule has 0 saturated carbocycles. The van der Waals surface area contributed by atoms with Gasteiger partial charge in [-0.25, -0.2) is 4.39 Å². The van der Waals surface area contributed by atoms with E-state index in [9.17, 15) is 14.0 Å². The average Bonchev–Trinajstić information content (AvgIpc) is 3.02. The van der Waals surface area contributed by atoms with Crippen LogP contribution in [0.4, 0.5) is 4.39 Å². The summed E-state index contributed by atoms with van der Waals surface area (Å²) in [5, 5.41) is 6.60. The molecule has 1 aromatic heterocycles. The van der Waals surface area contributed by atoms with Crippen LogP contribution in [0.5, 0.6) is 0 Å². The number of carbonyl (C=O) groups excluding carboxylic acids is 2. The number of rotatable bonds is 4. The van der Waals surface area contributed by atoms with Crippen LogP contribution in [0.15, 0.2) is 28.8 Å². The summed E-state index contributed by atoms with van der Waals surface area (Å²) in [6.45, 7) is 4.09. The van der Waals surface area contributed by atoms with Crippen molar-refractivity contribution < 1.29 is 18.5 Å². The molecule has 1 aliphatic heterocycles. The molecule has 0 radical (unpaired) electrons. The van der Waals surface area contributed by atoms with Crippen molar-refractivity contribution >= 4 is 11.8 Å². The maximum atomic E-state index is 13.2. The topological polar surface area (TPSA) is 75.4 Å². The summed E-state index contributed by atoms with van der Waals surface area (Å²) >= 11 is 0. The molecule has 0 unspecified atom stereocenters. The molecule has 1 fully saturated rings. The molecule has 1 N–H and O–H groups in total. The van der Waals surface area contributed by atoms with Gasteiger partial charge in [-0.05, 0) is 31.5 Å². The number of likely N-dealkylation sites (tertiary alicyclic amines) is 1. The monoisotopic (exact) mass is 331 g/mol. The lowest BCUT2D eigenvalue weighted by atomic mass is 10.1. The summed E-state index contributed by atoms with van der Waals surface area (Å²) in [6.07, 6.45) is 0.227. The molecule has 1 aromatic carbocycles. The van der Waals surface area contributed by atoms with Gasteiger partial charge in [-0.3, -0.25) is 9.59 Å². The Labute approximate surface area is 138 Å². The van der Waals surface area contributed by atoms with Gasteiger partial charge < -0.3 is 14.7 Å². The van der Waals surface area contributed by atoms with Crippen LogP contribution in [0, 0.1) is 19.7 Å². The summed E-state index contributed by atoms with van der Waals surface area (Å²) in [5.41, 5.74) is 1.65. The van der Waals surface area contributed by atoms with E-state index in [1.165, 1.54) is 12.1 Å². The molecule has 1 aliphatic rings. The highest BCUT2D eigenvalue weighted by Crippen LogP contribution is 2.18. The Morgan fingerprint density at radius 2 is 2.25 bits per heavy atom. The molecule has 7 heteroatoms. The maximum absolute atomic E-state index is 13.2. The molecule has 0 spiro atoms. The van der Waals surface area contributed by atoms with Gasteiger partial charge >= 0.3 is 0 Å². The Kier molecular flexibility index (Phi) is 4.33. The van der Waals surface area contributed by atoms with Crippen LogP contribution in [0.2, 0.25) is 0 Å². The van der Waals surface area contributed by atoms with Crippen molar-refractivity contribution in [1.82, 2.24) is 15.4 Å². The summed E-state index contributed by atoms with van der Waals surface area (Å²) < 4.78 is 18.2. The summed E-state index contributed by atoms with van der Waals surface area (Å²) in [7, 11) is 0. The quantitative estimate of drug-likeness (QED) is 0.929. The second-order valence-electron chi connectivity index (χ2n) is 5.98. The minimum absolute atomic E-state index is 0.0664. The first-order valence-electron chi connectivity index (χ1n) is 7.70. The van der Waals surface area contributed by atoms with Crippen molar-refractivity contribution in [2.45, 2.75) is 32.9 Å². The van der Waals surface area contributed by atoms with Crippen molar-refractivity contribution in [1.29, 1.82) is 0 Å². The van der Waals surface area contributed by atoms with E-state index in [2.05, 4.69) is 10.5 Å². The zero-order valence-electron chi connectivity index (χ0n) is 13.5. The highest BCUT2D eigenvalue weighted by atomic mass is 19.1. The molecule has 1 saturated heterocycles. The van der Waals surface area contributed by atoms with Gasteiger partial charge in [0.25, 0.3) is 5.91 Å². The van der Waals surface area contributed by atoms with Crippen LogP contribution in [0.3, 0.4) is 0 Å². The number of halogens is 1. The van der Waals surface area contributed by atoms with E-state index in [4.69, 9.17) is 4.52 Å². The third kappa shape index (κ3) is 3.29. The molecule has 6 nitrogen and oxygen atoms in total. The number of hydrogen-bond donors (Lipinski definition) is 1. The fourth-order valence-electron chi connectivity index (χ4n) is 2.94. The first-order valence-corrected chi connectivity index (χ1v) is 7.70. The lowest BCUT2D eigenvalue weighted by molar-refractivity contribution is -0.128. The second-order valence-corrected chi connectivity index (χ2v) is 5.98. The van der Waals surface area contributed by atoms with E-state index in [0.29, 0.717) is 30.1 Å². The maximum Gasteiger partial charge on any atom is 0.257 e. The molecule has 0 aliphatic carbocycles. The minimum Gasteiger partial charge on any atom is -0.361 e. The van der Waals surface area contributed by atoms with E-state index in [-0.39, 0.29) is 30.1 Å². The van der Waals surface area contributed by atoms with Crippen LogP contribution in [-0.2, 0) is 11.3 Å². The number of aromatic nitrogens is 1.